The zero-order valence-corrected chi connectivity index (χ0v) is 19.0. The zero-order valence-electron chi connectivity index (χ0n) is 19.0. The van der Waals surface area contributed by atoms with Crippen molar-refractivity contribution in [1.82, 2.24) is 9.88 Å². The molecule has 4 rings (SSSR count). The molecule has 2 heterocycles. The summed E-state index contributed by atoms with van der Waals surface area (Å²) >= 11 is 0. The van der Waals surface area contributed by atoms with Gasteiger partial charge in [-0.15, -0.1) is 0 Å². The van der Waals surface area contributed by atoms with Gasteiger partial charge in [0.05, 0.1) is 18.2 Å². The van der Waals surface area contributed by atoms with Crippen molar-refractivity contribution < 1.29 is 24.5 Å². The number of ketones is 1. The van der Waals surface area contributed by atoms with Gasteiger partial charge in [-0.3, -0.25) is 14.6 Å². The number of aromatic hydroxyl groups is 1. The van der Waals surface area contributed by atoms with Crippen molar-refractivity contribution in [2.24, 2.45) is 5.92 Å². The molecule has 1 fully saturated rings. The van der Waals surface area contributed by atoms with Gasteiger partial charge >= 0.3 is 0 Å². The molecule has 2 N–H and O–H groups in total. The van der Waals surface area contributed by atoms with Crippen molar-refractivity contribution in [1.29, 1.82) is 0 Å². The summed E-state index contributed by atoms with van der Waals surface area (Å²) in [6, 6.07) is 15.8. The third-order valence-electron chi connectivity index (χ3n) is 5.51. The predicted molar refractivity (Wildman–Crippen MR) is 127 cm³/mol. The molecule has 174 valence electrons. The molecule has 34 heavy (non-hydrogen) atoms. The molecule has 1 atom stereocenters. The lowest BCUT2D eigenvalue weighted by atomic mass is 9.95. The van der Waals surface area contributed by atoms with Crippen LogP contribution < -0.4 is 4.74 Å². The number of ether oxygens (including phenoxy) is 1. The normalized spacial score (nSPS) is 17.4. The van der Waals surface area contributed by atoms with Gasteiger partial charge in [-0.2, -0.15) is 0 Å². The van der Waals surface area contributed by atoms with Gasteiger partial charge in [-0.25, -0.2) is 0 Å². The minimum absolute atomic E-state index is 0.00359. The highest BCUT2D eigenvalue weighted by molar-refractivity contribution is 6.46. The van der Waals surface area contributed by atoms with Crippen molar-refractivity contribution in [3.05, 3.63) is 95.3 Å². The fourth-order valence-electron chi connectivity index (χ4n) is 3.90. The summed E-state index contributed by atoms with van der Waals surface area (Å²) in [7, 11) is 0. The maximum atomic E-state index is 13.1. The summed E-state index contributed by atoms with van der Waals surface area (Å²) in [5.74, 6) is -0.782. The largest absolute Gasteiger partial charge is 0.508 e. The van der Waals surface area contributed by atoms with E-state index in [1.54, 1.807) is 54.9 Å². The minimum atomic E-state index is -0.871. The van der Waals surface area contributed by atoms with E-state index in [1.165, 1.54) is 17.0 Å². The SMILES string of the molecule is CC(C)COc1ccc(/C(O)=C2/C(=O)C(=O)N(Cc3cccnc3)C2c2cccc(O)c2)cc1. The fourth-order valence-corrected chi connectivity index (χ4v) is 3.90. The zero-order chi connectivity index (χ0) is 24.2. The summed E-state index contributed by atoms with van der Waals surface area (Å²) < 4.78 is 5.69. The molecule has 1 amide bonds. The molecule has 0 aliphatic carbocycles. The standard InChI is InChI=1S/C27H26N2O5/c1-17(2)16-34-22-10-8-19(9-11-22)25(31)23-24(20-6-3-7-21(30)13-20)29(27(33)26(23)32)15-18-5-4-12-28-14-18/h3-14,17,24,30-31H,15-16H2,1-2H3/b25-23-. The van der Waals surface area contributed by atoms with Crippen LogP contribution in [0.15, 0.2) is 78.6 Å². The average Bonchev–Trinajstić information content (AvgIpc) is 3.08. The van der Waals surface area contributed by atoms with Crippen LogP contribution in [0.25, 0.3) is 5.76 Å². The third kappa shape index (κ3) is 4.78. The van der Waals surface area contributed by atoms with E-state index >= 15 is 0 Å². The maximum absolute atomic E-state index is 13.1. The first-order valence-corrected chi connectivity index (χ1v) is 11.0. The molecule has 7 heteroatoms. The van der Waals surface area contributed by atoms with E-state index in [1.807, 2.05) is 19.9 Å². The van der Waals surface area contributed by atoms with Gasteiger partial charge in [-0.05, 0) is 59.5 Å². The van der Waals surface area contributed by atoms with E-state index in [0.717, 1.165) is 5.56 Å². The number of phenols is 1. The molecule has 0 radical (unpaired) electrons. The second-order valence-electron chi connectivity index (χ2n) is 8.61. The first-order valence-electron chi connectivity index (χ1n) is 11.0. The van der Waals surface area contributed by atoms with E-state index in [2.05, 4.69) is 4.98 Å². The summed E-state index contributed by atoms with van der Waals surface area (Å²) in [5, 5.41) is 21.2. The first kappa shape index (κ1) is 23.0. The number of rotatable bonds is 7. The van der Waals surface area contributed by atoms with Gasteiger partial charge < -0.3 is 19.8 Å². The molecule has 1 unspecified atom stereocenters. The van der Waals surface area contributed by atoms with Gasteiger partial charge in [0.25, 0.3) is 11.7 Å². The monoisotopic (exact) mass is 458 g/mol. The molecule has 1 aliphatic heterocycles. The first-order chi connectivity index (χ1) is 16.3. The smallest absolute Gasteiger partial charge is 0.295 e. The lowest BCUT2D eigenvalue weighted by Gasteiger charge is -2.25. The number of nitrogens with zero attached hydrogens (tertiary/aromatic N) is 2. The Labute approximate surface area is 198 Å². The van der Waals surface area contributed by atoms with Crippen LogP contribution in [0.3, 0.4) is 0 Å². The second-order valence-corrected chi connectivity index (χ2v) is 8.61. The number of hydrogen-bond donors (Lipinski definition) is 2. The number of aromatic nitrogens is 1. The van der Waals surface area contributed by atoms with Crippen LogP contribution in [0.4, 0.5) is 0 Å². The fraction of sp³-hybridized carbons (Fsp3) is 0.222. The minimum Gasteiger partial charge on any atom is -0.508 e. The van der Waals surface area contributed by atoms with Gasteiger partial charge in [-0.1, -0.05) is 32.0 Å². The van der Waals surface area contributed by atoms with E-state index in [4.69, 9.17) is 4.74 Å². The Kier molecular flexibility index (Phi) is 6.63. The van der Waals surface area contributed by atoms with Crippen molar-refractivity contribution in [3.8, 4) is 11.5 Å². The topological polar surface area (TPSA) is 100.0 Å². The molecule has 2 aromatic carbocycles. The Hall–Kier alpha value is -4.13. The highest BCUT2D eigenvalue weighted by Gasteiger charge is 2.46. The molecule has 1 saturated heterocycles. The Morgan fingerprint density at radius 1 is 1.09 bits per heavy atom. The van der Waals surface area contributed by atoms with Gasteiger partial charge in [0, 0.05) is 24.5 Å². The van der Waals surface area contributed by atoms with Crippen LogP contribution in [0.2, 0.25) is 0 Å². The van der Waals surface area contributed by atoms with Crippen molar-refractivity contribution in [2.75, 3.05) is 6.61 Å². The molecule has 0 bridgehead atoms. The van der Waals surface area contributed by atoms with E-state index < -0.39 is 17.7 Å². The Balaban J connectivity index is 1.76. The number of amides is 1. The van der Waals surface area contributed by atoms with E-state index in [-0.39, 0.29) is 23.6 Å². The van der Waals surface area contributed by atoms with Gasteiger partial charge in [0.2, 0.25) is 0 Å². The maximum Gasteiger partial charge on any atom is 0.295 e. The number of aliphatic hydroxyl groups excluding tert-OH is 1. The number of Topliss-reactive ketones (excluding diaryl/α,β-unsaturated/α-hetero) is 1. The summed E-state index contributed by atoms with van der Waals surface area (Å²) in [6.45, 7) is 4.78. The van der Waals surface area contributed by atoms with Crippen LogP contribution in [-0.4, -0.2) is 38.4 Å². The van der Waals surface area contributed by atoms with Crippen LogP contribution in [-0.2, 0) is 16.1 Å². The summed E-state index contributed by atoms with van der Waals surface area (Å²) in [6.07, 6.45) is 3.24. The number of likely N-dealkylation sites (tertiary alicyclic amines) is 1. The average molecular weight is 459 g/mol. The van der Waals surface area contributed by atoms with E-state index in [9.17, 15) is 19.8 Å². The number of carbonyl (C=O) groups is 2. The number of pyridine rings is 1. The van der Waals surface area contributed by atoms with Crippen LogP contribution in [0.1, 0.15) is 36.6 Å². The summed E-state index contributed by atoms with van der Waals surface area (Å²) in [4.78, 5) is 31.6. The molecule has 1 aliphatic rings. The molecule has 7 nitrogen and oxygen atoms in total. The second kappa shape index (κ2) is 9.79. The lowest BCUT2D eigenvalue weighted by Crippen LogP contribution is -2.29. The van der Waals surface area contributed by atoms with Crippen molar-refractivity contribution in [3.63, 3.8) is 0 Å². The Morgan fingerprint density at radius 3 is 2.50 bits per heavy atom. The molecular weight excluding hydrogens is 432 g/mol. The van der Waals surface area contributed by atoms with Crippen molar-refractivity contribution in [2.45, 2.75) is 26.4 Å². The van der Waals surface area contributed by atoms with Crippen LogP contribution >= 0.6 is 0 Å². The molecule has 1 aromatic heterocycles. The number of carbonyl (C=O) groups excluding carboxylic acids is 2. The van der Waals surface area contributed by atoms with Crippen LogP contribution in [0.5, 0.6) is 11.5 Å². The molecule has 0 spiro atoms. The molecular formula is C27H26N2O5. The quantitative estimate of drug-likeness (QED) is 0.308. The molecule has 3 aromatic rings. The third-order valence-corrected chi connectivity index (χ3v) is 5.51. The highest BCUT2D eigenvalue weighted by Crippen LogP contribution is 2.41. The highest BCUT2D eigenvalue weighted by atomic mass is 16.5. The Bertz CT molecular complexity index is 1220. The lowest BCUT2D eigenvalue weighted by molar-refractivity contribution is -0.140. The number of phenolic OH excluding ortho intramolecular Hbond substituents is 1. The van der Waals surface area contributed by atoms with Crippen molar-refractivity contribution >= 4 is 17.4 Å². The number of hydrogen-bond acceptors (Lipinski definition) is 6. The van der Waals surface area contributed by atoms with Gasteiger partial charge in [0.1, 0.15) is 17.3 Å². The van der Waals surface area contributed by atoms with E-state index in [0.29, 0.717) is 29.4 Å². The molecule has 0 saturated carbocycles. The number of aliphatic hydroxyl groups is 1. The Morgan fingerprint density at radius 2 is 1.85 bits per heavy atom. The predicted octanol–water partition coefficient (Wildman–Crippen LogP) is 4.44. The van der Waals surface area contributed by atoms with Gasteiger partial charge in [0.15, 0.2) is 0 Å². The van der Waals surface area contributed by atoms with Crippen LogP contribution in [0, 0.1) is 5.92 Å². The summed E-state index contributed by atoms with van der Waals surface area (Å²) in [5.41, 5.74) is 1.61. The number of benzene rings is 2.